The van der Waals surface area contributed by atoms with Gasteiger partial charge in [0.2, 0.25) is 0 Å². The highest BCUT2D eigenvalue weighted by atomic mass is 127. The van der Waals surface area contributed by atoms with Gasteiger partial charge in [-0.1, -0.05) is 0 Å². The molecule has 8 heteroatoms. The van der Waals surface area contributed by atoms with Crippen LogP contribution in [0, 0.1) is 3.70 Å². The van der Waals surface area contributed by atoms with Crippen LogP contribution in [0.3, 0.4) is 0 Å². The van der Waals surface area contributed by atoms with Crippen LogP contribution in [0.4, 0.5) is 0 Å². The van der Waals surface area contributed by atoms with Gasteiger partial charge in [-0.15, -0.1) is 0 Å². The molecule has 1 amide bonds. The molecule has 0 aliphatic rings. The monoisotopic (exact) mass is 403 g/mol. The Morgan fingerprint density at radius 2 is 2.25 bits per heavy atom. The van der Waals surface area contributed by atoms with Crippen LogP contribution in [-0.4, -0.2) is 43.2 Å². The Labute approximate surface area is 115 Å². The van der Waals surface area contributed by atoms with Gasteiger partial charge in [0.05, 0.1) is 11.0 Å². The van der Waals surface area contributed by atoms with E-state index in [0.29, 0.717) is 10.2 Å². The number of hydrogen-bond donors (Lipinski definition) is 2. The molecule has 6 nitrogen and oxygen atoms in total. The van der Waals surface area contributed by atoms with Crippen molar-refractivity contribution in [2.45, 2.75) is 6.29 Å². The van der Waals surface area contributed by atoms with Crippen LogP contribution in [-0.2, 0) is 9.47 Å². The van der Waals surface area contributed by atoms with E-state index in [2.05, 4.69) is 31.4 Å². The Kier molecular flexibility index (Phi) is 5.66. The molecule has 0 aromatic carbocycles. The van der Waals surface area contributed by atoms with E-state index >= 15 is 0 Å². The summed E-state index contributed by atoms with van der Waals surface area (Å²) in [5.41, 5.74) is 0.315. The SMILES string of the molecule is COC(CNC(=O)c1n[nH]c(I)c1Br)OC. The molecule has 0 fully saturated rings. The lowest BCUT2D eigenvalue weighted by Crippen LogP contribution is -2.34. The highest BCUT2D eigenvalue weighted by Crippen LogP contribution is 2.20. The van der Waals surface area contributed by atoms with E-state index in [1.54, 1.807) is 0 Å². The van der Waals surface area contributed by atoms with Crippen LogP contribution < -0.4 is 5.32 Å². The van der Waals surface area contributed by atoms with Crippen molar-refractivity contribution in [3.8, 4) is 0 Å². The summed E-state index contributed by atoms with van der Waals surface area (Å²) in [6.07, 6.45) is -0.458. The maximum Gasteiger partial charge on any atom is 0.273 e. The summed E-state index contributed by atoms with van der Waals surface area (Å²) in [5, 5.41) is 9.22. The number of aromatic amines is 1. The van der Waals surface area contributed by atoms with Crippen molar-refractivity contribution in [3.05, 3.63) is 13.9 Å². The van der Waals surface area contributed by atoms with E-state index in [1.807, 2.05) is 22.6 Å². The predicted molar refractivity (Wildman–Crippen MR) is 69.1 cm³/mol. The topological polar surface area (TPSA) is 76.2 Å². The Balaban J connectivity index is 2.56. The predicted octanol–water partition coefficient (Wildman–Crippen LogP) is 1.13. The second-order valence-electron chi connectivity index (χ2n) is 2.81. The molecule has 1 aromatic rings. The first-order chi connectivity index (χ1) is 7.60. The van der Waals surface area contributed by atoms with Gasteiger partial charge in [-0.2, -0.15) is 5.10 Å². The zero-order valence-corrected chi connectivity index (χ0v) is 12.5. The summed E-state index contributed by atoms with van der Waals surface area (Å²) < 4.78 is 11.3. The molecule has 0 atom stereocenters. The van der Waals surface area contributed by atoms with Crippen LogP contribution in [0.1, 0.15) is 10.5 Å². The number of carbonyl (C=O) groups excluding carboxylic acids is 1. The molecule has 0 radical (unpaired) electrons. The average molecular weight is 404 g/mol. The molecule has 90 valence electrons. The highest BCUT2D eigenvalue weighted by molar-refractivity contribution is 14.1. The third-order valence-electron chi connectivity index (χ3n) is 1.84. The molecule has 0 saturated carbocycles. The second kappa shape index (κ2) is 6.52. The zero-order valence-electron chi connectivity index (χ0n) is 8.71. The van der Waals surface area contributed by atoms with E-state index in [9.17, 15) is 4.79 Å². The quantitative estimate of drug-likeness (QED) is 0.570. The van der Waals surface area contributed by atoms with Gasteiger partial charge < -0.3 is 14.8 Å². The highest BCUT2D eigenvalue weighted by Gasteiger charge is 2.17. The number of methoxy groups -OCH3 is 2. The smallest absolute Gasteiger partial charge is 0.273 e. The Bertz CT molecular complexity index is 367. The number of H-pyrrole nitrogens is 1. The fourth-order valence-electron chi connectivity index (χ4n) is 0.980. The van der Waals surface area contributed by atoms with Gasteiger partial charge >= 0.3 is 0 Å². The van der Waals surface area contributed by atoms with Crippen molar-refractivity contribution >= 4 is 44.4 Å². The van der Waals surface area contributed by atoms with E-state index in [4.69, 9.17) is 9.47 Å². The number of nitrogens with one attached hydrogen (secondary N) is 2. The van der Waals surface area contributed by atoms with Crippen LogP contribution in [0.25, 0.3) is 0 Å². The normalized spacial score (nSPS) is 10.8. The number of hydrogen-bond acceptors (Lipinski definition) is 4. The Morgan fingerprint density at radius 1 is 1.62 bits per heavy atom. The fraction of sp³-hybridized carbons (Fsp3) is 0.500. The summed E-state index contributed by atoms with van der Waals surface area (Å²) in [5.74, 6) is -0.287. The maximum absolute atomic E-state index is 11.7. The second-order valence-corrected chi connectivity index (χ2v) is 4.68. The lowest BCUT2D eigenvalue weighted by atomic mass is 10.4. The largest absolute Gasteiger partial charge is 0.354 e. The number of carbonyl (C=O) groups is 1. The minimum Gasteiger partial charge on any atom is -0.354 e. The third-order valence-corrected chi connectivity index (χ3v) is 4.13. The van der Waals surface area contributed by atoms with Gasteiger partial charge in [0, 0.05) is 14.2 Å². The zero-order chi connectivity index (χ0) is 12.1. The summed E-state index contributed by atoms with van der Waals surface area (Å²) in [4.78, 5) is 11.7. The van der Waals surface area contributed by atoms with Crippen LogP contribution in [0.5, 0.6) is 0 Å². The number of nitrogens with zero attached hydrogens (tertiary/aromatic N) is 1. The molecule has 0 aliphatic carbocycles. The average Bonchev–Trinajstić information content (AvgIpc) is 2.61. The number of amides is 1. The molecule has 1 rings (SSSR count). The molecule has 0 aliphatic heterocycles. The molecular weight excluding hydrogens is 393 g/mol. The molecule has 2 N–H and O–H groups in total. The van der Waals surface area contributed by atoms with E-state index in [0.717, 1.165) is 3.70 Å². The van der Waals surface area contributed by atoms with Crippen LogP contribution in [0.15, 0.2) is 4.47 Å². The summed E-state index contributed by atoms with van der Waals surface area (Å²) in [7, 11) is 3.02. The standard InChI is InChI=1S/C8H11BrIN3O3/c1-15-4(16-2)3-11-8(14)6-5(9)7(10)13-12-6/h4H,3H2,1-2H3,(H,11,14)(H,12,13). The van der Waals surface area contributed by atoms with Crippen molar-refractivity contribution in [1.29, 1.82) is 0 Å². The van der Waals surface area contributed by atoms with Gasteiger partial charge in [-0.3, -0.25) is 9.89 Å². The summed E-state index contributed by atoms with van der Waals surface area (Å²) in [6.45, 7) is 0.266. The lowest BCUT2D eigenvalue weighted by molar-refractivity contribution is -0.0974. The number of halogens is 2. The lowest BCUT2D eigenvalue weighted by Gasteiger charge is -2.13. The maximum atomic E-state index is 11.7. The first kappa shape index (κ1) is 13.9. The molecule has 0 unspecified atom stereocenters. The van der Waals surface area contributed by atoms with Gasteiger partial charge in [0.15, 0.2) is 12.0 Å². The molecule has 0 spiro atoms. The fourth-order valence-corrected chi connectivity index (χ4v) is 1.71. The van der Waals surface area contributed by atoms with Gasteiger partial charge in [0.25, 0.3) is 5.91 Å². The van der Waals surface area contributed by atoms with E-state index < -0.39 is 6.29 Å². The van der Waals surface area contributed by atoms with Crippen molar-refractivity contribution in [2.75, 3.05) is 20.8 Å². The Hall–Kier alpha value is -0.190. The minimum absolute atomic E-state index is 0.266. The van der Waals surface area contributed by atoms with Crippen LogP contribution in [0.2, 0.25) is 0 Å². The number of rotatable bonds is 5. The molecule has 16 heavy (non-hydrogen) atoms. The van der Waals surface area contributed by atoms with Gasteiger partial charge in [0.1, 0.15) is 3.70 Å². The number of ether oxygens (including phenoxy) is 2. The molecule has 0 bridgehead atoms. The van der Waals surface area contributed by atoms with Crippen LogP contribution >= 0.6 is 38.5 Å². The number of aromatic nitrogens is 2. The first-order valence-corrected chi connectivity index (χ1v) is 6.20. The van der Waals surface area contributed by atoms with Gasteiger partial charge in [-0.25, -0.2) is 0 Å². The van der Waals surface area contributed by atoms with Crippen molar-refractivity contribution in [2.24, 2.45) is 0 Å². The molecule has 1 aromatic heterocycles. The summed E-state index contributed by atoms with van der Waals surface area (Å²) in [6, 6.07) is 0. The summed E-state index contributed by atoms with van der Waals surface area (Å²) >= 11 is 5.31. The molecule has 0 saturated heterocycles. The van der Waals surface area contributed by atoms with Gasteiger partial charge in [-0.05, 0) is 38.5 Å². The van der Waals surface area contributed by atoms with Crippen molar-refractivity contribution in [3.63, 3.8) is 0 Å². The third kappa shape index (κ3) is 3.40. The minimum atomic E-state index is -0.458. The first-order valence-electron chi connectivity index (χ1n) is 4.33. The molecule has 1 heterocycles. The van der Waals surface area contributed by atoms with Crippen molar-refractivity contribution < 1.29 is 14.3 Å². The van der Waals surface area contributed by atoms with E-state index in [1.165, 1.54) is 14.2 Å². The Morgan fingerprint density at radius 3 is 2.69 bits per heavy atom. The van der Waals surface area contributed by atoms with Crippen molar-refractivity contribution in [1.82, 2.24) is 15.5 Å². The molecular formula is C8H11BrIN3O3. The van der Waals surface area contributed by atoms with E-state index in [-0.39, 0.29) is 12.5 Å².